The smallest absolute Gasteiger partial charge is 0.262 e. The van der Waals surface area contributed by atoms with Gasteiger partial charge in [-0.3, -0.25) is 9.52 Å². The van der Waals surface area contributed by atoms with Crippen LogP contribution < -0.4 is 4.72 Å². The van der Waals surface area contributed by atoms with Gasteiger partial charge in [0.2, 0.25) is 0 Å². The molecule has 1 fully saturated rings. The fourth-order valence-electron chi connectivity index (χ4n) is 2.86. The number of aryl methyl sites for hydroxylation is 2. The summed E-state index contributed by atoms with van der Waals surface area (Å²) >= 11 is 0. The summed E-state index contributed by atoms with van der Waals surface area (Å²) < 4.78 is 33.6. The van der Waals surface area contributed by atoms with Gasteiger partial charge in [-0.05, 0) is 43.2 Å². The van der Waals surface area contributed by atoms with Crippen molar-refractivity contribution in [3.63, 3.8) is 0 Å². The summed E-state index contributed by atoms with van der Waals surface area (Å²) in [5, 5.41) is 0. The van der Waals surface area contributed by atoms with Crippen molar-refractivity contribution >= 4 is 21.6 Å². The Hall–Kier alpha value is -2.38. The monoisotopic (exact) mass is 374 g/mol. The lowest BCUT2D eigenvalue weighted by Crippen LogP contribution is -2.40. The van der Waals surface area contributed by atoms with E-state index < -0.39 is 10.0 Å². The molecule has 0 aliphatic carbocycles. The molecule has 1 N–H and O–H groups in total. The fourth-order valence-corrected chi connectivity index (χ4v) is 4.26. The molecule has 0 unspecified atom stereocenters. The Labute approximate surface area is 153 Å². The maximum Gasteiger partial charge on any atom is 0.262 e. The van der Waals surface area contributed by atoms with Crippen LogP contribution in [0.1, 0.15) is 21.5 Å². The molecule has 1 amide bonds. The molecular weight excluding hydrogens is 352 g/mol. The summed E-state index contributed by atoms with van der Waals surface area (Å²) in [5.74, 6) is -0.180. The quantitative estimate of drug-likeness (QED) is 0.892. The Bertz CT molecular complexity index is 919. The maximum absolute atomic E-state index is 12.9. The lowest BCUT2D eigenvalue weighted by Gasteiger charge is -2.27. The number of morpholine rings is 1. The van der Waals surface area contributed by atoms with Crippen LogP contribution in [0.25, 0.3) is 0 Å². The molecule has 2 aromatic rings. The first-order chi connectivity index (χ1) is 12.4. The second-order valence-electron chi connectivity index (χ2n) is 6.31. The number of para-hydroxylation sites is 1. The van der Waals surface area contributed by atoms with Crippen LogP contribution >= 0.6 is 0 Å². The molecule has 0 aromatic heterocycles. The zero-order valence-electron chi connectivity index (χ0n) is 14.9. The van der Waals surface area contributed by atoms with E-state index in [1.165, 1.54) is 6.07 Å². The molecule has 6 nitrogen and oxygen atoms in total. The van der Waals surface area contributed by atoms with Gasteiger partial charge >= 0.3 is 0 Å². The zero-order valence-corrected chi connectivity index (χ0v) is 15.7. The van der Waals surface area contributed by atoms with Gasteiger partial charge in [-0.1, -0.05) is 24.3 Å². The van der Waals surface area contributed by atoms with Crippen molar-refractivity contribution in [1.29, 1.82) is 0 Å². The fraction of sp³-hybridized carbons (Fsp3) is 0.316. The largest absolute Gasteiger partial charge is 0.378 e. The van der Waals surface area contributed by atoms with Gasteiger partial charge in [-0.15, -0.1) is 0 Å². The lowest BCUT2D eigenvalue weighted by atomic mass is 10.1. The highest BCUT2D eigenvalue weighted by Gasteiger charge is 2.23. The molecule has 1 heterocycles. The zero-order chi connectivity index (χ0) is 18.7. The number of carbonyl (C=O) groups excluding carboxylic acids is 1. The highest BCUT2D eigenvalue weighted by atomic mass is 32.2. The van der Waals surface area contributed by atoms with Crippen molar-refractivity contribution in [3.05, 3.63) is 59.2 Å². The van der Waals surface area contributed by atoms with Gasteiger partial charge in [0, 0.05) is 18.7 Å². The van der Waals surface area contributed by atoms with E-state index in [0.29, 0.717) is 43.1 Å². The van der Waals surface area contributed by atoms with Crippen molar-refractivity contribution in [2.75, 3.05) is 31.0 Å². The summed E-state index contributed by atoms with van der Waals surface area (Å²) in [5.41, 5.74) is 2.30. The third-order valence-corrected chi connectivity index (χ3v) is 5.92. The predicted molar refractivity (Wildman–Crippen MR) is 99.9 cm³/mol. The average molecular weight is 374 g/mol. The van der Waals surface area contributed by atoms with Crippen LogP contribution in [0.15, 0.2) is 47.4 Å². The topological polar surface area (TPSA) is 75.7 Å². The van der Waals surface area contributed by atoms with Crippen molar-refractivity contribution in [2.45, 2.75) is 18.7 Å². The van der Waals surface area contributed by atoms with Gasteiger partial charge in [0.25, 0.3) is 15.9 Å². The third kappa shape index (κ3) is 3.89. The van der Waals surface area contributed by atoms with E-state index in [2.05, 4.69) is 4.72 Å². The molecule has 2 aromatic carbocycles. The molecule has 1 saturated heterocycles. The number of nitrogens with one attached hydrogen (secondary N) is 1. The van der Waals surface area contributed by atoms with Crippen molar-refractivity contribution in [2.24, 2.45) is 0 Å². The summed E-state index contributed by atoms with van der Waals surface area (Å²) in [6.45, 7) is 5.57. The molecule has 0 saturated carbocycles. The third-order valence-electron chi connectivity index (χ3n) is 4.41. The van der Waals surface area contributed by atoms with Gasteiger partial charge in [0.1, 0.15) is 0 Å². The van der Waals surface area contributed by atoms with E-state index in [0.717, 1.165) is 5.56 Å². The second kappa shape index (κ2) is 7.47. The molecule has 0 radical (unpaired) electrons. The molecular formula is C19H22N2O4S. The molecule has 26 heavy (non-hydrogen) atoms. The Kier molecular flexibility index (Phi) is 5.29. The Morgan fingerprint density at radius 3 is 2.42 bits per heavy atom. The van der Waals surface area contributed by atoms with E-state index in [1.807, 2.05) is 19.1 Å². The normalized spacial score (nSPS) is 14.9. The molecule has 1 aliphatic heterocycles. The van der Waals surface area contributed by atoms with E-state index in [1.54, 1.807) is 36.1 Å². The number of nitrogens with zero attached hydrogens (tertiary/aromatic N) is 1. The molecule has 1 aliphatic rings. The molecule has 0 atom stereocenters. The average Bonchev–Trinajstić information content (AvgIpc) is 2.64. The van der Waals surface area contributed by atoms with Crippen molar-refractivity contribution < 1.29 is 17.9 Å². The van der Waals surface area contributed by atoms with Crippen molar-refractivity contribution in [3.8, 4) is 0 Å². The van der Waals surface area contributed by atoms with Gasteiger partial charge in [-0.25, -0.2) is 8.42 Å². The predicted octanol–water partition coefficient (Wildman–Crippen LogP) is 2.58. The van der Waals surface area contributed by atoms with Crippen molar-refractivity contribution in [1.82, 2.24) is 4.90 Å². The maximum atomic E-state index is 12.9. The van der Waals surface area contributed by atoms with Gasteiger partial charge < -0.3 is 9.64 Å². The lowest BCUT2D eigenvalue weighted by molar-refractivity contribution is 0.0302. The number of rotatable bonds is 4. The van der Waals surface area contributed by atoms with E-state index in [-0.39, 0.29) is 10.8 Å². The Morgan fingerprint density at radius 2 is 1.73 bits per heavy atom. The number of amides is 1. The number of ether oxygens (including phenoxy) is 1. The number of hydrogen-bond acceptors (Lipinski definition) is 4. The van der Waals surface area contributed by atoms with Gasteiger partial charge in [0.15, 0.2) is 0 Å². The Balaban J connectivity index is 1.91. The molecule has 0 spiro atoms. The van der Waals surface area contributed by atoms with E-state index >= 15 is 0 Å². The molecule has 7 heteroatoms. The van der Waals surface area contributed by atoms with Gasteiger partial charge in [0.05, 0.1) is 23.8 Å². The van der Waals surface area contributed by atoms with Crippen LogP contribution in [0.5, 0.6) is 0 Å². The minimum absolute atomic E-state index is 0.111. The molecule has 138 valence electrons. The summed E-state index contributed by atoms with van der Waals surface area (Å²) in [6, 6.07) is 12.0. The first-order valence-corrected chi connectivity index (χ1v) is 9.93. The first-order valence-electron chi connectivity index (χ1n) is 8.44. The number of benzene rings is 2. The van der Waals surface area contributed by atoms with Crippen LogP contribution in [0.3, 0.4) is 0 Å². The minimum Gasteiger partial charge on any atom is -0.378 e. The minimum atomic E-state index is -3.80. The van der Waals surface area contributed by atoms with E-state index in [9.17, 15) is 13.2 Å². The van der Waals surface area contributed by atoms with Crippen LogP contribution in [0.4, 0.5) is 5.69 Å². The van der Waals surface area contributed by atoms with E-state index in [4.69, 9.17) is 4.74 Å². The number of anilines is 1. The van der Waals surface area contributed by atoms with Crippen LogP contribution in [-0.2, 0) is 14.8 Å². The van der Waals surface area contributed by atoms with Gasteiger partial charge in [-0.2, -0.15) is 0 Å². The molecule has 0 bridgehead atoms. The summed E-state index contributed by atoms with van der Waals surface area (Å²) in [7, 11) is -3.80. The Morgan fingerprint density at radius 1 is 1.04 bits per heavy atom. The standard InChI is InChI=1S/C19H22N2O4S/c1-14-5-3-4-6-17(14)20-26(23,24)18-13-16(8-7-15(18)2)19(22)21-9-11-25-12-10-21/h3-8,13,20H,9-12H2,1-2H3. The SMILES string of the molecule is Cc1ccccc1NS(=O)(=O)c1cc(C(=O)N2CCOCC2)ccc1C. The van der Waals surface area contributed by atoms with Crippen LogP contribution in [-0.4, -0.2) is 45.5 Å². The number of sulfonamides is 1. The van der Waals surface area contributed by atoms with Crippen LogP contribution in [0.2, 0.25) is 0 Å². The first kappa shape index (κ1) is 18.4. The second-order valence-corrected chi connectivity index (χ2v) is 7.96. The number of carbonyl (C=O) groups is 1. The molecule has 3 rings (SSSR count). The highest BCUT2D eigenvalue weighted by molar-refractivity contribution is 7.92. The number of hydrogen-bond donors (Lipinski definition) is 1. The van der Waals surface area contributed by atoms with Crippen LogP contribution in [0, 0.1) is 13.8 Å². The highest BCUT2D eigenvalue weighted by Crippen LogP contribution is 2.23. The summed E-state index contributed by atoms with van der Waals surface area (Å²) in [4.78, 5) is 14.4. The summed E-state index contributed by atoms with van der Waals surface area (Å²) in [6.07, 6.45) is 0.